The highest BCUT2D eigenvalue weighted by Crippen LogP contribution is 2.29. The Bertz CT molecular complexity index is 754. The molecule has 138 valence electrons. The summed E-state index contributed by atoms with van der Waals surface area (Å²) in [5, 5.41) is 0. The molecule has 0 spiro atoms. The number of rotatable bonds is 6. The van der Waals surface area contributed by atoms with Gasteiger partial charge in [0.2, 0.25) is 0 Å². The van der Waals surface area contributed by atoms with Crippen LogP contribution < -0.4 is 9.47 Å². The zero-order valence-corrected chi connectivity index (χ0v) is 15.8. The third-order valence-corrected chi connectivity index (χ3v) is 5.08. The number of Topliss-reactive ketones (excluding diaryl/α,β-unsaturated/α-hetero) is 1. The van der Waals surface area contributed by atoms with Crippen LogP contribution in [0.5, 0.6) is 11.5 Å². The minimum absolute atomic E-state index is 0.0106. The van der Waals surface area contributed by atoms with Crippen LogP contribution in [0.4, 0.5) is 0 Å². The number of carbonyl (C=O) groups is 1. The van der Waals surface area contributed by atoms with E-state index in [1.807, 2.05) is 12.1 Å². The Balaban J connectivity index is 1.70. The second-order valence-corrected chi connectivity index (χ2v) is 6.99. The molecular formula is C22H27NO3. The number of hydrogen-bond acceptors (Lipinski definition) is 4. The van der Waals surface area contributed by atoms with Crippen molar-refractivity contribution in [3.8, 4) is 11.5 Å². The van der Waals surface area contributed by atoms with Gasteiger partial charge in [0.05, 0.1) is 19.8 Å². The van der Waals surface area contributed by atoms with Gasteiger partial charge in [0.15, 0.2) is 5.78 Å². The van der Waals surface area contributed by atoms with Crippen LogP contribution in [0.2, 0.25) is 0 Å². The van der Waals surface area contributed by atoms with Crippen molar-refractivity contribution in [1.29, 1.82) is 0 Å². The third-order valence-electron chi connectivity index (χ3n) is 5.08. The largest absolute Gasteiger partial charge is 0.497 e. The van der Waals surface area contributed by atoms with Gasteiger partial charge < -0.3 is 9.47 Å². The van der Waals surface area contributed by atoms with Crippen molar-refractivity contribution in [2.45, 2.75) is 26.3 Å². The quantitative estimate of drug-likeness (QED) is 0.733. The number of likely N-dealkylation sites (tertiary alicyclic amines) is 1. The van der Waals surface area contributed by atoms with Gasteiger partial charge in [-0.05, 0) is 44.0 Å². The summed E-state index contributed by atoms with van der Waals surface area (Å²) in [5.41, 5.74) is 3.22. The molecule has 0 aliphatic carbocycles. The van der Waals surface area contributed by atoms with Crippen LogP contribution in [0.3, 0.4) is 0 Å². The lowest BCUT2D eigenvalue weighted by Crippen LogP contribution is -2.38. The lowest BCUT2D eigenvalue weighted by Gasteiger charge is -2.32. The SMILES string of the molecule is COc1ccc(C(=O)[C@@H]2CCCN(Cc3ccc(C)cc3)C2)c(OC)c1. The molecule has 4 nitrogen and oxygen atoms in total. The van der Waals surface area contributed by atoms with E-state index in [4.69, 9.17) is 9.47 Å². The molecule has 0 bridgehead atoms. The molecule has 0 unspecified atom stereocenters. The average molecular weight is 353 g/mol. The van der Waals surface area contributed by atoms with Gasteiger partial charge in [-0.2, -0.15) is 0 Å². The van der Waals surface area contributed by atoms with E-state index in [1.165, 1.54) is 11.1 Å². The van der Waals surface area contributed by atoms with Crippen LogP contribution in [0.25, 0.3) is 0 Å². The highest BCUT2D eigenvalue weighted by Gasteiger charge is 2.28. The average Bonchev–Trinajstić information content (AvgIpc) is 2.69. The van der Waals surface area contributed by atoms with E-state index < -0.39 is 0 Å². The van der Waals surface area contributed by atoms with Crippen LogP contribution in [0.1, 0.15) is 34.3 Å². The molecule has 4 heteroatoms. The monoisotopic (exact) mass is 353 g/mol. The van der Waals surface area contributed by atoms with Crippen LogP contribution in [0, 0.1) is 12.8 Å². The summed E-state index contributed by atoms with van der Waals surface area (Å²) >= 11 is 0. The van der Waals surface area contributed by atoms with Gasteiger partial charge in [0, 0.05) is 25.1 Å². The summed E-state index contributed by atoms with van der Waals surface area (Å²) < 4.78 is 10.6. The predicted octanol–water partition coefficient (Wildman–Crippen LogP) is 4.11. The summed E-state index contributed by atoms with van der Waals surface area (Å²) in [7, 11) is 3.20. The van der Waals surface area contributed by atoms with Gasteiger partial charge in [-0.15, -0.1) is 0 Å². The molecule has 0 saturated carbocycles. The zero-order valence-electron chi connectivity index (χ0n) is 15.8. The number of methoxy groups -OCH3 is 2. The number of aryl methyl sites for hydroxylation is 1. The van der Waals surface area contributed by atoms with Crippen molar-refractivity contribution >= 4 is 5.78 Å². The minimum Gasteiger partial charge on any atom is -0.497 e. The molecule has 2 aromatic rings. The summed E-state index contributed by atoms with van der Waals surface area (Å²) in [6.45, 7) is 4.82. The highest BCUT2D eigenvalue weighted by atomic mass is 16.5. The Labute approximate surface area is 155 Å². The molecule has 1 aliphatic heterocycles. The molecular weight excluding hydrogens is 326 g/mol. The molecule has 1 saturated heterocycles. The first-order valence-corrected chi connectivity index (χ1v) is 9.15. The summed E-state index contributed by atoms with van der Waals surface area (Å²) in [4.78, 5) is 15.5. The molecule has 1 aliphatic rings. The number of ether oxygens (including phenoxy) is 2. The normalized spacial score (nSPS) is 17.7. The lowest BCUT2D eigenvalue weighted by atomic mass is 9.89. The number of carbonyl (C=O) groups excluding carboxylic acids is 1. The summed E-state index contributed by atoms with van der Waals surface area (Å²) in [5.74, 6) is 1.46. The molecule has 0 amide bonds. The van der Waals surface area contributed by atoms with Crippen LogP contribution in [0.15, 0.2) is 42.5 Å². The zero-order chi connectivity index (χ0) is 18.5. The van der Waals surface area contributed by atoms with E-state index in [1.54, 1.807) is 20.3 Å². The number of benzene rings is 2. The predicted molar refractivity (Wildman–Crippen MR) is 103 cm³/mol. The van der Waals surface area contributed by atoms with E-state index in [0.29, 0.717) is 17.1 Å². The summed E-state index contributed by atoms with van der Waals surface area (Å²) in [6, 6.07) is 14.1. The Morgan fingerprint density at radius 2 is 1.88 bits per heavy atom. The number of ketones is 1. The molecule has 26 heavy (non-hydrogen) atoms. The van der Waals surface area contributed by atoms with E-state index in [-0.39, 0.29) is 11.7 Å². The first kappa shape index (κ1) is 18.5. The first-order valence-electron chi connectivity index (χ1n) is 9.15. The van der Waals surface area contributed by atoms with Gasteiger partial charge in [-0.3, -0.25) is 9.69 Å². The Kier molecular flexibility index (Phi) is 5.94. The van der Waals surface area contributed by atoms with E-state index in [2.05, 4.69) is 36.1 Å². The van der Waals surface area contributed by atoms with Crippen LogP contribution >= 0.6 is 0 Å². The molecule has 1 fully saturated rings. The second-order valence-electron chi connectivity index (χ2n) is 6.99. The van der Waals surface area contributed by atoms with Crippen molar-refractivity contribution < 1.29 is 14.3 Å². The lowest BCUT2D eigenvalue weighted by molar-refractivity contribution is 0.0808. The standard InChI is InChI=1S/C22H27NO3/c1-16-6-8-17(9-7-16)14-23-12-4-5-18(15-23)22(24)20-11-10-19(25-2)13-21(20)26-3/h6-11,13,18H,4-5,12,14-15H2,1-3H3/t18-/m1/s1. The molecule has 0 N–H and O–H groups in total. The van der Waals surface area contributed by atoms with Gasteiger partial charge in [0.1, 0.15) is 11.5 Å². The molecule has 0 radical (unpaired) electrons. The van der Waals surface area contributed by atoms with Crippen molar-refractivity contribution in [2.75, 3.05) is 27.3 Å². The molecule has 1 atom stereocenters. The topological polar surface area (TPSA) is 38.8 Å². The Morgan fingerprint density at radius 3 is 2.58 bits per heavy atom. The number of piperidine rings is 1. The first-order chi connectivity index (χ1) is 12.6. The van der Waals surface area contributed by atoms with Crippen molar-refractivity contribution in [2.24, 2.45) is 5.92 Å². The Morgan fingerprint density at radius 1 is 1.12 bits per heavy atom. The fourth-order valence-corrected chi connectivity index (χ4v) is 3.59. The summed E-state index contributed by atoms with van der Waals surface area (Å²) in [6.07, 6.45) is 1.97. The minimum atomic E-state index is 0.0106. The van der Waals surface area contributed by atoms with Crippen LogP contribution in [-0.2, 0) is 6.54 Å². The smallest absolute Gasteiger partial charge is 0.170 e. The number of hydrogen-bond donors (Lipinski definition) is 0. The van der Waals surface area contributed by atoms with E-state index >= 15 is 0 Å². The fourth-order valence-electron chi connectivity index (χ4n) is 3.59. The molecule has 3 rings (SSSR count). The van der Waals surface area contributed by atoms with E-state index in [9.17, 15) is 4.79 Å². The van der Waals surface area contributed by atoms with Crippen molar-refractivity contribution in [3.63, 3.8) is 0 Å². The van der Waals surface area contributed by atoms with Gasteiger partial charge in [0.25, 0.3) is 0 Å². The second kappa shape index (κ2) is 8.37. The maximum atomic E-state index is 13.1. The van der Waals surface area contributed by atoms with Crippen molar-refractivity contribution in [1.82, 2.24) is 4.90 Å². The maximum absolute atomic E-state index is 13.1. The highest BCUT2D eigenvalue weighted by molar-refractivity contribution is 6.00. The molecule has 0 aromatic heterocycles. The Hall–Kier alpha value is -2.33. The van der Waals surface area contributed by atoms with Crippen molar-refractivity contribution in [3.05, 3.63) is 59.2 Å². The van der Waals surface area contributed by atoms with Gasteiger partial charge in [-0.1, -0.05) is 29.8 Å². The maximum Gasteiger partial charge on any atom is 0.170 e. The van der Waals surface area contributed by atoms with Gasteiger partial charge >= 0.3 is 0 Å². The fraction of sp³-hybridized carbons (Fsp3) is 0.409. The molecule has 2 aromatic carbocycles. The third kappa shape index (κ3) is 4.25. The van der Waals surface area contributed by atoms with Crippen LogP contribution in [-0.4, -0.2) is 38.0 Å². The van der Waals surface area contributed by atoms with E-state index in [0.717, 1.165) is 32.5 Å². The number of nitrogens with zero attached hydrogens (tertiary/aromatic N) is 1. The molecule has 1 heterocycles. The van der Waals surface area contributed by atoms with Gasteiger partial charge in [-0.25, -0.2) is 0 Å².